The van der Waals surface area contributed by atoms with Crippen LogP contribution < -0.4 is 0 Å². The van der Waals surface area contributed by atoms with Crippen molar-refractivity contribution in [2.24, 2.45) is 0 Å². The van der Waals surface area contributed by atoms with Crippen LogP contribution in [-0.4, -0.2) is 0 Å². The van der Waals surface area contributed by atoms with Crippen molar-refractivity contribution in [3.05, 3.63) is 124 Å². The molecular weight excluding hydrogens is 312 g/mol. The third-order valence-electron chi connectivity index (χ3n) is 5.39. The summed E-state index contributed by atoms with van der Waals surface area (Å²) in [5, 5.41) is 0. The first-order valence-corrected chi connectivity index (χ1v) is 9.22. The maximum Gasteiger partial charge on any atom is 0.0640 e. The number of benzene rings is 2. The lowest BCUT2D eigenvalue weighted by Crippen LogP contribution is -2.25. The molecule has 0 spiro atoms. The van der Waals surface area contributed by atoms with Crippen LogP contribution in [0.4, 0.5) is 0 Å². The first-order valence-electron chi connectivity index (χ1n) is 9.22. The van der Waals surface area contributed by atoms with E-state index in [9.17, 15) is 0 Å². The molecule has 2 aliphatic carbocycles. The summed E-state index contributed by atoms with van der Waals surface area (Å²) < 4.78 is 0. The van der Waals surface area contributed by atoms with E-state index in [2.05, 4.69) is 112 Å². The second-order valence-corrected chi connectivity index (χ2v) is 7.34. The SMILES string of the molecule is CC(C)=C1C=C(c2ccc(C)cc2)C2=CC=CC=CC21c1ccccc1. The van der Waals surface area contributed by atoms with Crippen LogP contribution >= 0.6 is 0 Å². The van der Waals surface area contributed by atoms with E-state index in [1.54, 1.807) is 0 Å². The molecule has 128 valence electrons. The van der Waals surface area contributed by atoms with Crippen LogP contribution in [0, 0.1) is 6.92 Å². The van der Waals surface area contributed by atoms with Gasteiger partial charge in [0.15, 0.2) is 0 Å². The highest BCUT2D eigenvalue weighted by Crippen LogP contribution is 2.54. The monoisotopic (exact) mass is 336 g/mol. The molecule has 0 saturated carbocycles. The van der Waals surface area contributed by atoms with Crippen molar-refractivity contribution in [1.29, 1.82) is 0 Å². The number of fused-ring (bicyclic) bond motifs is 1. The molecule has 0 radical (unpaired) electrons. The van der Waals surface area contributed by atoms with Gasteiger partial charge in [-0.2, -0.15) is 0 Å². The van der Waals surface area contributed by atoms with Gasteiger partial charge in [-0.25, -0.2) is 0 Å². The van der Waals surface area contributed by atoms with Gasteiger partial charge in [0.1, 0.15) is 0 Å². The third-order valence-corrected chi connectivity index (χ3v) is 5.39. The lowest BCUT2D eigenvalue weighted by atomic mass is 9.69. The molecule has 0 bridgehead atoms. The molecule has 0 heterocycles. The molecule has 0 aromatic heterocycles. The minimum Gasteiger partial charge on any atom is -0.0716 e. The summed E-state index contributed by atoms with van der Waals surface area (Å²) >= 11 is 0. The highest BCUT2D eigenvalue weighted by Gasteiger charge is 2.43. The van der Waals surface area contributed by atoms with Crippen LogP contribution in [-0.2, 0) is 5.41 Å². The van der Waals surface area contributed by atoms with E-state index in [0.29, 0.717) is 0 Å². The van der Waals surface area contributed by atoms with Crippen LogP contribution in [0.3, 0.4) is 0 Å². The van der Waals surface area contributed by atoms with E-state index >= 15 is 0 Å². The first kappa shape index (κ1) is 16.6. The zero-order valence-electron chi connectivity index (χ0n) is 15.7. The van der Waals surface area contributed by atoms with Crippen molar-refractivity contribution in [1.82, 2.24) is 0 Å². The van der Waals surface area contributed by atoms with Crippen molar-refractivity contribution in [2.45, 2.75) is 26.2 Å². The minimum absolute atomic E-state index is 0.218. The zero-order valence-corrected chi connectivity index (χ0v) is 15.7. The molecule has 0 heteroatoms. The van der Waals surface area contributed by atoms with Crippen molar-refractivity contribution in [3.63, 3.8) is 0 Å². The van der Waals surface area contributed by atoms with E-state index in [0.717, 1.165) is 0 Å². The Morgan fingerprint density at radius 2 is 1.54 bits per heavy atom. The summed E-state index contributed by atoms with van der Waals surface area (Å²) in [5.74, 6) is 0. The molecule has 0 nitrogen and oxygen atoms in total. The van der Waals surface area contributed by atoms with E-state index in [1.165, 1.54) is 39.0 Å². The van der Waals surface area contributed by atoms with Gasteiger partial charge in [-0.1, -0.05) is 96.1 Å². The fourth-order valence-electron chi connectivity index (χ4n) is 4.13. The Hall–Kier alpha value is -2.86. The summed E-state index contributed by atoms with van der Waals surface area (Å²) in [5.41, 5.74) is 9.08. The summed E-state index contributed by atoms with van der Waals surface area (Å²) in [4.78, 5) is 0. The Morgan fingerprint density at radius 3 is 2.23 bits per heavy atom. The molecule has 1 unspecified atom stereocenters. The maximum atomic E-state index is 2.39. The summed E-state index contributed by atoms with van der Waals surface area (Å²) in [6.07, 6.45) is 13.5. The van der Waals surface area contributed by atoms with Crippen LogP contribution in [0.25, 0.3) is 5.57 Å². The summed E-state index contributed by atoms with van der Waals surface area (Å²) in [6.45, 7) is 6.58. The van der Waals surface area contributed by atoms with Gasteiger partial charge in [0, 0.05) is 0 Å². The number of hydrogen-bond donors (Lipinski definition) is 0. The third kappa shape index (κ3) is 2.54. The van der Waals surface area contributed by atoms with E-state index in [4.69, 9.17) is 0 Å². The molecule has 4 rings (SSSR count). The first-order chi connectivity index (χ1) is 12.6. The van der Waals surface area contributed by atoms with Gasteiger partial charge in [-0.05, 0) is 54.7 Å². The number of rotatable bonds is 2. The molecule has 0 saturated heterocycles. The van der Waals surface area contributed by atoms with Gasteiger partial charge in [-0.3, -0.25) is 0 Å². The fourth-order valence-corrected chi connectivity index (χ4v) is 4.13. The van der Waals surface area contributed by atoms with Gasteiger partial charge in [0.2, 0.25) is 0 Å². The maximum absolute atomic E-state index is 2.39. The van der Waals surface area contributed by atoms with Crippen LogP contribution in [0.1, 0.15) is 30.5 Å². The van der Waals surface area contributed by atoms with E-state index in [-0.39, 0.29) is 5.41 Å². The molecule has 0 fully saturated rings. The predicted octanol–water partition coefficient (Wildman–Crippen LogP) is 6.72. The van der Waals surface area contributed by atoms with Crippen LogP contribution in [0.5, 0.6) is 0 Å². The van der Waals surface area contributed by atoms with Crippen molar-refractivity contribution in [3.8, 4) is 0 Å². The quantitative estimate of drug-likeness (QED) is 0.571. The number of allylic oxidation sites excluding steroid dienone is 10. The highest BCUT2D eigenvalue weighted by atomic mass is 14.4. The number of aryl methyl sites for hydroxylation is 1. The molecule has 0 aliphatic heterocycles. The second-order valence-electron chi connectivity index (χ2n) is 7.34. The molecular formula is C26H24. The molecule has 26 heavy (non-hydrogen) atoms. The standard InChI is InChI=1S/C26H24/c1-19(2)25-18-23(21-15-13-20(3)14-16-21)24-12-8-5-9-17-26(24,25)22-10-6-4-7-11-22/h4-18H,1-3H3. The molecule has 2 aromatic carbocycles. The average molecular weight is 336 g/mol. The van der Waals surface area contributed by atoms with Gasteiger partial charge in [0.05, 0.1) is 5.41 Å². The van der Waals surface area contributed by atoms with Gasteiger partial charge in [-0.15, -0.1) is 0 Å². The Morgan fingerprint density at radius 1 is 0.808 bits per heavy atom. The fraction of sp³-hybridized carbons (Fsp3) is 0.154. The van der Waals surface area contributed by atoms with Gasteiger partial charge < -0.3 is 0 Å². The smallest absolute Gasteiger partial charge is 0.0640 e. The molecule has 2 aromatic rings. The van der Waals surface area contributed by atoms with Crippen LogP contribution in [0.2, 0.25) is 0 Å². The average Bonchev–Trinajstić information content (AvgIpc) is 2.83. The molecule has 0 amide bonds. The van der Waals surface area contributed by atoms with Crippen molar-refractivity contribution in [2.75, 3.05) is 0 Å². The Bertz CT molecular complexity index is 972. The van der Waals surface area contributed by atoms with E-state index in [1.807, 2.05) is 0 Å². The molecule has 2 aliphatic rings. The molecule has 1 atom stereocenters. The highest BCUT2D eigenvalue weighted by molar-refractivity contribution is 5.92. The van der Waals surface area contributed by atoms with Gasteiger partial charge in [0.25, 0.3) is 0 Å². The Labute approximate surface area is 156 Å². The van der Waals surface area contributed by atoms with Crippen molar-refractivity contribution >= 4 is 5.57 Å². The predicted molar refractivity (Wildman–Crippen MR) is 112 cm³/mol. The van der Waals surface area contributed by atoms with Crippen molar-refractivity contribution < 1.29 is 0 Å². The molecule has 0 N–H and O–H groups in total. The van der Waals surface area contributed by atoms with Crippen LogP contribution in [0.15, 0.2) is 108 Å². The topological polar surface area (TPSA) is 0 Å². The Balaban J connectivity index is 2.01. The lowest BCUT2D eigenvalue weighted by molar-refractivity contribution is 0.791. The normalized spacial score (nSPS) is 21.1. The summed E-state index contributed by atoms with van der Waals surface area (Å²) in [6, 6.07) is 19.7. The Kier molecular flexibility index (Phi) is 4.12. The lowest BCUT2D eigenvalue weighted by Gasteiger charge is -2.32. The zero-order chi connectivity index (χ0) is 18.1. The van der Waals surface area contributed by atoms with Gasteiger partial charge >= 0.3 is 0 Å². The minimum atomic E-state index is -0.218. The second kappa shape index (κ2) is 6.46. The largest absolute Gasteiger partial charge is 0.0716 e. The van der Waals surface area contributed by atoms with E-state index < -0.39 is 0 Å². The summed E-state index contributed by atoms with van der Waals surface area (Å²) in [7, 11) is 0. The number of hydrogen-bond acceptors (Lipinski definition) is 0.